The van der Waals surface area contributed by atoms with Crippen LogP contribution < -0.4 is 10.6 Å². The van der Waals surface area contributed by atoms with Gasteiger partial charge in [-0.2, -0.15) is 5.26 Å². The van der Waals surface area contributed by atoms with Crippen LogP contribution in [-0.2, 0) is 9.59 Å². The maximum atomic E-state index is 13.7. The first kappa shape index (κ1) is 21.0. The molecule has 4 fully saturated rings. The first-order valence-electron chi connectivity index (χ1n) is 10.7. The maximum Gasteiger partial charge on any atom is 0.318 e. The largest absolute Gasteiger partial charge is 0.351 e. The molecule has 1 aliphatic heterocycles. The summed E-state index contributed by atoms with van der Waals surface area (Å²) < 4.78 is 27.4. The third-order valence-electron chi connectivity index (χ3n) is 6.94. The van der Waals surface area contributed by atoms with Gasteiger partial charge in [0, 0.05) is 37.3 Å². The maximum absolute atomic E-state index is 13.7. The van der Waals surface area contributed by atoms with Gasteiger partial charge < -0.3 is 15.5 Å². The second-order valence-electron chi connectivity index (χ2n) is 9.89. The fraction of sp³-hybridized carbons (Fsp3) is 0.810. The van der Waals surface area contributed by atoms with E-state index in [-0.39, 0.29) is 29.7 Å². The lowest BCUT2D eigenvalue weighted by Gasteiger charge is -2.25. The molecule has 164 valence electrons. The van der Waals surface area contributed by atoms with Crippen molar-refractivity contribution in [1.29, 1.82) is 5.26 Å². The van der Waals surface area contributed by atoms with Crippen molar-refractivity contribution >= 4 is 17.7 Å². The Kier molecular flexibility index (Phi) is 5.02. The molecule has 2 atom stereocenters. The number of nitrogens with one attached hydrogen (secondary N) is 2. The number of rotatable bonds is 8. The van der Waals surface area contributed by atoms with Crippen LogP contribution in [0.2, 0.25) is 0 Å². The summed E-state index contributed by atoms with van der Waals surface area (Å²) >= 11 is 0. The Balaban J connectivity index is 1.38. The van der Waals surface area contributed by atoms with E-state index >= 15 is 0 Å². The summed E-state index contributed by atoms with van der Waals surface area (Å²) in [5.41, 5.74) is -0.887. The normalized spacial score (nSPS) is 26.6. The van der Waals surface area contributed by atoms with Gasteiger partial charge in [0.25, 0.3) is 0 Å². The minimum atomic E-state index is -3.12. The first-order chi connectivity index (χ1) is 14.0. The molecule has 1 saturated heterocycles. The Bertz CT molecular complexity index is 791. The van der Waals surface area contributed by atoms with Gasteiger partial charge >= 0.3 is 6.03 Å². The van der Waals surface area contributed by atoms with Gasteiger partial charge in [-0.3, -0.25) is 9.59 Å². The fourth-order valence-electron chi connectivity index (χ4n) is 4.40. The van der Waals surface area contributed by atoms with Crippen LogP contribution in [0.4, 0.5) is 13.6 Å². The van der Waals surface area contributed by atoms with Crippen LogP contribution in [0.15, 0.2) is 0 Å². The zero-order valence-electron chi connectivity index (χ0n) is 17.2. The number of alkyl halides is 2. The zero-order chi connectivity index (χ0) is 21.7. The van der Waals surface area contributed by atoms with E-state index < -0.39 is 35.6 Å². The predicted octanol–water partition coefficient (Wildman–Crippen LogP) is 2.36. The second-order valence-corrected chi connectivity index (χ2v) is 9.89. The molecule has 3 saturated carbocycles. The molecule has 0 aromatic rings. The summed E-state index contributed by atoms with van der Waals surface area (Å²) in [5, 5.41) is 14.8. The summed E-state index contributed by atoms with van der Waals surface area (Å²) in [4.78, 5) is 39.2. The van der Waals surface area contributed by atoms with Gasteiger partial charge in [0.1, 0.15) is 0 Å². The lowest BCUT2D eigenvalue weighted by atomic mass is 9.94. The smallest absolute Gasteiger partial charge is 0.318 e. The van der Waals surface area contributed by atoms with Crippen LogP contribution in [0.5, 0.6) is 0 Å². The number of amides is 3. The SMILES string of the molecule is CC(F)(F)C[C@H](NC(=O)N1CC(NC(=O)C2CC2)C2(CC2)C1)C(=O)CC1(C#N)CC1. The molecular formula is C21H28F2N4O3. The average molecular weight is 422 g/mol. The number of carbonyl (C=O) groups is 3. The predicted molar refractivity (Wildman–Crippen MR) is 102 cm³/mol. The van der Waals surface area contributed by atoms with Crippen LogP contribution >= 0.6 is 0 Å². The van der Waals surface area contributed by atoms with Crippen molar-refractivity contribution in [3.63, 3.8) is 0 Å². The van der Waals surface area contributed by atoms with Gasteiger partial charge in [0.15, 0.2) is 5.78 Å². The Morgan fingerprint density at radius 1 is 1.23 bits per heavy atom. The minimum absolute atomic E-state index is 0.0263. The molecule has 0 bridgehead atoms. The Morgan fingerprint density at radius 3 is 2.40 bits per heavy atom. The molecule has 0 radical (unpaired) electrons. The van der Waals surface area contributed by atoms with E-state index in [0.29, 0.717) is 25.9 Å². The van der Waals surface area contributed by atoms with E-state index in [1.807, 2.05) is 0 Å². The van der Waals surface area contributed by atoms with Crippen LogP contribution in [-0.4, -0.2) is 53.7 Å². The van der Waals surface area contributed by atoms with Crippen LogP contribution in [0.25, 0.3) is 0 Å². The highest BCUT2D eigenvalue weighted by atomic mass is 19.3. The molecule has 3 amide bonds. The molecule has 0 aromatic heterocycles. The van der Waals surface area contributed by atoms with Crippen molar-refractivity contribution < 1.29 is 23.2 Å². The molecule has 3 aliphatic carbocycles. The van der Waals surface area contributed by atoms with E-state index in [4.69, 9.17) is 0 Å². The summed E-state index contributed by atoms with van der Waals surface area (Å²) in [6.07, 6.45) is 3.86. The molecule has 1 spiro atoms. The van der Waals surface area contributed by atoms with Crippen molar-refractivity contribution in [3.8, 4) is 6.07 Å². The number of nitriles is 1. The highest BCUT2D eigenvalue weighted by Crippen LogP contribution is 2.53. The molecule has 30 heavy (non-hydrogen) atoms. The standard InChI is InChI=1S/C21H28F2N4O3/c1-19(22,23)8-14(15(28)9-20(11-24)4-5-20)25-18(30)27-10-16(21(12-27)6-7-21)26-17(29)13-2-3-13/h13-14,16H,2-10,12H2,1H3,(H,25,30)(H,26,29)/t14-,16?/m0/s1. The number of carbonyl (C=O) groups excluding carboxylic acids is 3. The molecule has 1 heterocycles. The van der Waals surface area contributed by atoms with Crippen molar-refractivity contribution in [2.75, 3.05) is 13.1 Å². The monoisotopic (exact) mass is 422 g/mol. The van der Waals surface area contributed by atoms with Gasteiger partial charge in [0.05, 0.1) is 23.6 Å². The molecule has 1 unspecified atom stereocenters. The summed E-state index contributed by atoms with van der Waals surface area (Å²) in [5.74, 6) is -3.55. The van der Waals surface area contributed by atoms with Crippen LogP contribution in [0.1, 0.15) is 58.3 Å². The highest BCUT2D eigenvalue weighted by molar-refractivity contribution is 5.90. The van der Waals surface area contributed by atoms with E-state index in [2.05, 4.69) is 16.7 Å². The Morgan fingerprint density at radius 2 is 1.90 bits per heavy atom. The summed E-state index contributed by atoms with van der Waals surface area (Å²) in [6.45, 7) is 1.48. The molecular weight excluding hydrogens is 394 g/mol. The number of urea groups is 1. The molecule has 2 N–H and O–H groups in total. The number of hydrogen-bond donors (Lipinski definition) is 2. The Hall–Kier alpha value is -2.24. The van der Waals surface area contributed by atoms with Crippen molar-refractivity contribution in [1.82, 2.24) is 15.5 Å². The van der Waals surface area contributed by atoms with Gasteiger partial charge in [-0.1, -0.05) is 0 Å². The van der Waals surface area contributed by atoms with Crippen molar-refractivity contribution in [3.05, 3.63) is 0 Å². The molecule has 9 heteroatoms. The van der Waals surface area contributed by atoms with Gasteiger partial charge in [0.2, 0.25) is 11.8 Å². The highest BCUT2D eigenvalue weighted by Gasteiger charge is 2.57. The fourth-order valence-corrected chi connectivity index (χ4v) is 4.40. The molecule has 4 rings (SSSR count). The Labute approximate surface area is 174 Å². The average Bonchev–Trinajstić information content (AvgIpc) is 3.51. The third kappa shape index (κ3) is 4.57. The summed E-state index contributed by atoms with van der Waals surface area (Å²) in [7, 11) is 0. The lowest BCUT2D eigenvalue weighted by molar-refractivity contribution is -0.124. The van der Waals surface area contributed by atoms with Gasteiger partial charge in [-0.05, 0) is 45.4 Å². The number of nitrogens with zero attached hydrogens (tertiary/aromatic N) is 2. The minimum Gasteiger partial charge on any atom is -0.351 e. The van der Waals surface area contributed by atoms with E-state index in [9.17, 15) is 28.4 Å². The number of likely N-dealkylation sites (tertiary alicyclic amines) is 1. The van der Waals surface area contributed by atoms with Crippen LogP contribution in [0.3, 0.4) is 0 Å². The summed E-state index contributed by atoms with van der Waals surface area (Å²) in [6, 6.07) is 0.0661. The molecule has 4 aliphatic rings. The third-order valence-corrected chi connectivity index (χ3v) is 6.94. The van der Waals surface area contributed by atoms with Gasteiger partial charge in [-0.15, -0.1) is 0 Å². The number of halogens is 2. The quantitative estimate of drug-likeness (QED) is 0.627. The molecule has 0 aromatic carbocycles. The molecule has 7 nitrogen and oxygen atoms in total. The van der Waals surface area contributed by atoms with Crippen LogP contribution in [0, 0.1) is 28.1 Å². The number of ketones is 1. The topological polar surface area (TPSA) is 102 Å². The lowest BCUT2D eigenvalue weighted by Crippen LogP contribution is -2.50. The zero-order valence-corrected chi connectivity index (χ0v) is 17.2. The van der Waals surface area contributed by atoms with E-state index in [1.54, 1.807) is 0 Å². The van der Waals surface area contributed by atoms with E-state index in [1.165, 1.54) is 4.90 Å². The second kappa shape index (κ2) is 7.17. The van der Waals surface area contributed by atoms with Crippen molar-refractivity contribution in [2.24, 2.45) is 16.7 Å². The van der Waals surface area contributed by atoms with Gasteiger partial charge in [-0.25, -0.2) is 13.6 Å². The van der Waals surface area contributed by atoms with E-state index in [0.717, 1.165) is 32.6 Å². The number of hydrogen-bond acceptors (Lipinski definition) is 4. The van der Waals surface area contributed by atoms with Crippen molar-refractivity contribution in [2.45, 2.75) is 76.3 Å². The number of Topliss-reactive ketones (excluding diaryl/α,β-unsaturated/α-hetero) is 1. The first-order valence-corrected chi connectivity index (χ1v) is 10.7.